The highest BCUT2D eigenvalue weighted by atomic mass is 16.4. The summed E-state index contributed by atoms with van der Waals surface area (Å²) < 4.78 is 5.19. The lowest BCUT2D eigenvalue weighted by Crippen LogP contribution is -2.55. The SMILES string of the molecule is CC1(C)CC2C(O)(C1)C(=O)c1coc(CO)c1C2(C)O. The smallest absolute Gasteiger partial charge is 0.198 e. The van der Waals surface area contributed by atoms with Gasteiger partial charge in [-0.05, 0) is 25.2 Å². The predicted molar refractivity (Wildman–Crippen MR) is 70.0 cm³/mol. The van der Waals surface area contributed by atoms with Crippen LogP contribution in [0.5, 0.6) is 0 Å². The Hall–Kier alpha value is -1.17. The van der Waals surface area contributed by atoms with Gasteiger partial charge in [0.25, 0.3) is 0 Å². The average Bonchev–Trinajstić information content (AvgIpc) is 2.87. The van der Waals surface area contributed by atoms with Gasteiger partial charge in [-0.1, -0.05) is 13.8 Å². The van der Waals surface area contributed by atoms with E-state index in [0.29, 0.717) is 18.4 Å². The molecule has 3 unspecified atom stereocenters. The van der Waals surface area contributed by atoms with Crippen molar-refractivity contribution in [3.05, 3.63) is 23.2 Å². The van der Waals surface area contributed by atoms with Crippen molar-refractivity contribution in [1.29, 1.82) is 0 Å². The molecule has 3 rings (SSSR count). The molecular formula is C15H20O5. The molecule has 0 amide bonds. The molecule has 1 fully saturated rings. The summed E-state index contributed by atoms with van der Waals surface area (Å²) in [5.41, 5.74) is -2.65. The molecule has 1 aromatic heterocycles. The Morgan fingerprint density at radius 2 is 2.00 bits per heavy atom. The fourth-order valence-corrected chi connectivity index (χ4v) is 4.19. The first-order chi connectivity index (χ1) is 9.13. The molecule has 0 radical (unpaired) electrons. The van der Waals surface area contributed by atoms with Gasteiger partial charge in [-0.3, -0.25) is 4.79 Å². The number of hydrogen-bond acceptors (Lipinski definition) is 5. The van der Waals surface area contributed by atoms with E-state index in [1.54, 1.807) is 6.92 Å². The van der Waals surface area contributed by atoms with Gasteiger partial charge in [-0.25, -0.2) is 0 Å². The van der Waals surface area contributed by atoms with E-state index in [0.717, 1.165) is 0 Å². The number of hydrogen-bond donors (Lipinski definition) is 3. The maximum atomic E-state index is 12.6. The molecule has 1 heterocycles. The van der Waals surface area contributed by atoms with Crippen LogP contribution >= 0.6 is 0 Å². The van der Waals surface area contributed by atoms with E-state index in [4.69, 9.17) is 4.42 Å². The molecule has 2 aliphatic carbocycles. The number of rotatable bonds is 1. The summed E-state index contributed by atoms with van der Waals surface area (Å²) in [6, 6.07) is 0. The summed E-state index contributed by atoms with van der Waals surface area (Å²) in [4.78, 5) is 12.6. The van der Waals surface area contributed by atoms with Crippen molar-refractivity contribution in [3.63, 3.8) is 0 Å². The molecule has 0 aromatic carbocycles. The highest BCUT2D eigenvalue weighted by Gasteiger charge is 2.65. The lowest BCUT2D eigenvalue weighted by molar-refractivity contribution is -0.0948. The van der Waals surface area contributed by atoms with Crippen molar-refractivity contribution in [2.75, 3.05) is 0 Å². The van der Waals surface area contributed by atoms with Crippen LogP contribution in [0.3, 0.4) is 0 Å². The number of aliphatic hydroxyl groups is 3. The van der Waals surface area contributed by atoms with Gasteiger partial charge in [0.15, 0.2) is 5.78 Å². The fraction of sp³-hybridized carbons (Fsp3) is 0.667. The molecule has 5 nitrogen and oxygen atoms in total. The van der Waals surface area contributed by atoms with E-state index in [-0.39, 0.29) is 23.3 Å². The summed E-state index contributed by atoms with van der Waals surface area (Å²) in [6.07, 6.45) is 2.09. The Bertz CT molecular complexity index is 583. The van der Waals surface area contributed by atoms with Gasteiger partial charge in [0.1, 0.15) is 24.2 Å². The summed E-state index contributed by atoms with van der Waals surface area (Å²) in [5, 5.41) is 31.1. The van der Waals surface area contributed by atoms with Crippen LogP contribution in [0.4, 0.5) is 0 Å². The van der Waals surface area contributed by atoms with Gasteiger partial charge >= 0.3 is 0 Å². The molecule has 1 saturated carbocycles. The Morgan fingerprint density at radius 3 is 2.60 bits per heavy atom. The largest absolute Gasteiger partial charge is 0.466 e. The number of carbonyl (C=O) groups excluding carboxylic acids is 1. The minimum Gasteiger partial charge on any atom is -0.466 e. The highest BCUT2D eigenvalue weighted by molar-refractivity contribution is 6.05. The first kappa shape index (κ1) is 13.8. The number of fused-ring (bicyclic) bond motifs is 2. The number of aliphatic hydroxyl groups excluding tert-OH is 1. The third kappa shape index (κ3) is 1.51. The molecule has 2 aliphatic rings. The third-order valence-corrected chi connectivity index (χ3v) is 4.91. The van der Waals surface area contributed by atoms with Crippen molar-refractivity contribution in [1.82, 2.24) is 0 Å². The summed E-state index contributed by atoms with van der Waals surface area (Å²) in [5.74, 6) is -0.795. The van der Waals surface area contributed by atoms with Gasteiger partial charge in [0.2, 0.25) is 0 Å². The van der Waals surface area contributed by atoms with Crippen LogP contribution in [-0.4, -0.2) is 26.7 Å². The maximum absolute atomic E-state index is 12.6. The van der Waals surface area contributed by atoms with E-state index in [1.807, 2.05) is 13.8 Å². The standard InChI is InChI=1S/C15H20O5/c1-13(2)4-10-14(3,18)11-8(6-20-9(11)5-16)12(17)15(10,19)7-13/h6,10,16,18-19H,4-5,7H2,1-3H3. The third-order valence-electron chi connectivity index (χ3n) is 4.91. The zero-order valence-electron chi connectivity index (χ0n) is 11.9. The Labute approximate surface area is 117 Å². The lowest BCUT2D eigenvalue weighted by Gasteiger charge is -2.43. The second kappa shape index (κ2) is 3.72. The van der Waals surface area contributed by atoms with Crippen molar-refractivity contribution in [3.8, 4) is 0 Å². The van der Waals surface area contributed by atoms with Crippen LogP contribution in [0, 0.1) is 11.3 Å². The van der Waals surface area contributed by atoms with Crippen molar-refractivity contribution in [2.24, 2.45) is 11.3 Å². The first-order valence-electron chi connectivity index (χ1n) is 6.85. The first-order valence-corrected chi connectivity index (χ1v) is 6.85. The van der Waals surface area contributed by atoms with Crippen LogP contribution in [0.2, 0.25) is 0 Å². The average molecular weight is 280 g/mol. The predicted octanol–water partition coefficient (Wildman–Crippen LogP) is 1.34. The summed E-state index contributed by atoms with van der Waals surface area (Å²) in [7, 11) is 0. The normalized spacial score (nSPS) is 38.7. The topological polar surface area (TPSA) is 90.9 Å². The maximum Gasteiger partial charge on any atom is 0.198 e. The van der Waals surface area contributed by atoms with Crippen molar-refractivity contribution >= 4 is 5.78 Å². The Morgan fingerprint density at radius 1 is 1.35 bits per heavy atom. The lowest BCUT2D eigenvalue weighted by atomic mass is 9.65. The molecule has 0 saturated heterocycles. The second-order valence-corrected chi connectivity index (χ2v) is 7.10. The molecule has 3 atom stereocenters. The summed E-state index contributed by atoms with van der Waals surface area (Å²) in [6.45, 7) is 5.17. The van der Waals surface area contributed by atoms with Gasteiger partial charge in [0, 0.05) is 11.5 Å². The van der Waals surface area contributed by atoms with Gasteiger partial charge in [0.05, 0.1) is 11.2 Å². The zero-order valence-corrected chi connectivity index (χ0v) is 11.9. The van der Waals surface area contributed by atoms with E-state index in [1.165, 1.54) is 6.26 Å². The van der Waals surface area contributed by atoms with E-state index < -0.39 is 22.9 Å². The highest BCUT2D eigenvalue weighted by Crippen LogP contribution is 2.59. The molecule has 0 aliphatic heterocycles. The van der Waals surface area contributed by atoms with E-state index in [9.17, 15) is 20.1 Å². The molecular weight excluding hydrogens is 260 g/mol. The van der Waals surface area contributed by atoms with Gasteiger partial charge < -0.3 is 19.7 Å². The molecule has 3 N–H and O–H groups in total. The van der Waals surface area contributed by atoms with Crippen molar-refractivity contribution < 1.29 is 24.5 Å². The summed E-state index contributed by atoms with van der Waals surface area (Å²) >= 11 is 0. The van der Waals surface area contributed by atoms with Crippen molar-refractivity contribution in [2.45, 2.75) is 51.4 Å². The molecule has 1 aromatic rings. The quantitative estimate of drug-likeness (QED) is 0.722. The zero-order chi connectivity index (χ0) is 14.9. The van der Waals surface area contributed by atoms with Crippen LogP contribution < -0.4 is 0 Å². The molecule has 0 bridgehead atoms. The number of furan rings is 1. The Balaban J connectivity index is 2.23. The van der Waals surface area contributed by atoms with Gasteiger partial charge in [-0.15, -0.1) is 0 Å². The molecule has 0 spiro atoms. The van der Waals surface area contributed by atoms with E-state index >= 15 is 0 Å². The van der Waals surface area contributed by atoms with Crippen LogP contribution in [0.25, 0.3) is 0 Å². The molecule has 110 valence electrons. The van der Waals surface area contributed by atoms with Crippen LogP contribution in [0.15, 0.2) is 10.7 Å². The van der Waals surface area contributed by atoms with Gasteiger partial charge in [-0.2, -0.15) is 0 Å². The minimum atomic E-state index is -1.56. The van der Waals surface area contributed by atoms with Crippen LogP contribution in [-0.2, 0) is 12.2 Å². The number of carbonyl (C=O) groups is 1. The minimum absolute atomic E-state index is 0.190. The molecule has 5 heteroatoms. The van der Waals surface area contributed by atoms with E-state index in [2.05, 4.69) is 0 Å². The number of ketones is 1. The number of Topliss-reactive ketones (excluding diaryl/α,β-unsaturated/α-hetero) is 1. The monoisotopic (exact) mass is 280 g/mol. The second-order valence-electron chi connectivity index (χ2n) is 7.10. The fourth-order valence-electron chi connectivity index (χ4n) is 4.19. The Kier molecular flexibility index (Phi) is 2.57. The molecule has 20 heavy (non-hydrogen) atoms. The van der Waals surface area contributed by atoms with Crippen LogP contribution in [0.1, 0.15) is 55.3 Å².